The van der Waals surface area contributed by atoms with E-state index in [4.69, 9.17) is 0 Å². The van der Waals surface area contributed by atoms with Crippen molar-refractivity contribution in [2.75, 3.05) is 21.1 Å². The van der Waals surface area contributed by atoms with Crippen LogP contribution in [0.4, 0.5) is 0 Å². The van der Waals surface area contributed by atoms with Gasteiger partial charge < -0.3 is 20.7 Å². The Hall–Kier alpha value is -0.450. The Labute approximate surface area is 80.5 Å². The van der Waals surface area contributed by atoms with E-state index >= 15 is 0 Å². The quantitative estimate of drug-likeness (QED) is 0.379. The highest BCUT2D eigenvalue weighted by Crippen LogP contribution is 2.09. The van der Waals surface area contributed by atoms with Crippen LogP contribution in [0.2, 0.25) is 0 Å². The molecule has 1 unspecified atom stereocenters. The number of nitrogens with one attached hydrogen (secondary N) is 3. The maximum atomic E-state index is 10.4. The maximum absolute atomic E-state index is 10.4. The Bertz CT molecular complexity index is 146. The lowest BCUT2D eigenvalue weighted by atomic mass is 10.0. The average Bonchev–Trinajstić information content (AvgIpc) is 2.17. The third-order valence-corrected chi connectivity index (χ3v) is 2.55. The number of hydrogen-bond acceptors (Lipinski definition) is 4. The molecular weight excluding hydrogens is 166 g/mol. The summed E-state index contributed by atoms with van der Waals surface area (Å²) in [6.45, 7) is 2.07. The lowest BCUT2D eigenvalue weighted by molar-refractivity contribution is -0.108. The molecule has 13 heavy (non-hydrogen) atoms. The van der Waals surface area contributed by atoms with E-state index in [1.807, 2.05) is 21.1 Å². The maximum Gasteiger partial charge on any atom is 0.121 e. The van der Waals surface area contributed by atoms with Gasteiger partial charge in [-0.3, -0.25) is 0 Å². The van der Waals surface area contributed by atoms with Gasteiger partial charge in [0.25, 0.3) is 0 Å². The summed E-state index contributed by atoms with van der Waals surface area (Å²) in [6.07, 6.45) is 2.37. The first kappa shape index (κ1) is 12.6. The number of carbonyl (C=O) groups is 1. The largest absolute Gasteiger partial charge is 0.316 e. The predicted octanol–water partition coefficient (Wildman–Crippen LogP) is -0.291. The van der Waals surface area contributed by atoms with Crippen molar-refractivity contribution in [3.8, 4) is 0 Å². The molecule has 78 valence electrons. The topological polar surface area (TPSA) is 53.2 Å². The SMILES string of the molecule is CNC(CC=O)CC(C)(NC)NC. The van der Waals surface area contributed by atoms with Crippen LogP contribution in [-0.4, -0.2) is 39.1 Å². The molecule has 4 nitrogen and oxygen atoms in total. The molecule has 0 amide bonds. The van der Waals surface area contributed by atoms with Crippen LogP contribution in [0.1, 0.15) is 19.8 Å². The van der Waals surface area contributed by atoms with E-state index in [1.165, 1.54) is 0 Å². The Morgan fingerprint density at radius 2 is 1.85 bits per heavy atom. The highest BCUT2D eigenvalue weighted by Gasteiger charge is 2.23. The van der Waals surface area contributed by atoms with E-state index in [0.29, 0.717) is 6.42 Å². The van der Waals surface area contributed by atoms with Crippen molar-refractivity contribution < 1.29 is 4.79 Å². The highest BCUT2D eigenvalue weighted by molar-refractivity contribution is 5.50. The van der Waals surface area contributed by atoms with Gasteiger partial charge in [-0.05, 0) is 34.5 Å². The molecule has 0 heterocycles. The van der Waals surface area contributed by atoms with Gasteiger partial charge in [-0.15, -0.1) is 0 Å². The van der Waals surface area contributed by atoms with Crippen LogP contribution >= 0.6 is 0 Å². The van der Waals surface area contributed by atoms with Crippen molar-refractivity contribution in [2.45, 2.75) is 31.5 Å². The van der Waals surface area contributed by atoms with Gasteiger partial charge in [0.2, 0.25) is 0 Å². The Morgan fingerprint density at radius 3 is 2.15 bits per heavy atom. The zero-order valence-corrected chi connectivity index (χ0v) is 8.98. The van der Waals surface area contributed by atoms with Crippen molar-refractivity contribution in [1.29, 1.82) is 0 Å². The first-order valence-corrected chi connectivity index (χ1v) is 4.60. The summed E-state index contributed by atoms with van der Waals surface area (Å²) in [5, 5.41) is 9.48. The summed E-state index contributed by atoms with van der Waals surface area (Å²) >= 11 is 0. The molecule has 0 aliphatic carbocycles. The lowest BCUT2D eigenvalue weighted by Crippen LogP contribution is -2.54. The Balaban J connectivity index is 4.09. The minimum atomic E-state index is -0.114. The molecule has 0 aliphatic heterocycles. The molecule has 0 aromatic carbocycles. The zero-order chi connectivity index (χ0) is 10.3. The molecule has 4 heteroatoms. The van der Waals surface area contributed by atoms with Gasteiger partial charge >= 0.3 is 0 Å². The van der Waals surface area contributed by atoms with Gasteiger partial charge in [0.1, 0.15) is 6.29 Å². The van der Waals surface area contributed by atoms with Crippen LogP contribution in [0.15, 0.2) is 0 Å². The van der Waals surface area contributed by atoms with Crippen LogP contribution in [0.25, 0.3) is 0 Å². The Kier molecular flexibility index (Phi) is 5.86. The standard InChI is InChI=1S/C9H21N3O/c1-9(11-3,12-4)7-8(10-2)5-6-13/h6,8,10-12H,5,7H2,1-4H3. The third kappa shape index (κ3) is 4.36. The number of carbonyl (C=O) groups excluding carboxylic acids is 1. The van der Waals surface area contributed by atoms with Crippen LogP contribution < -0.4 is 16.0 Å². The van der Waals surface area contributed by atoms with E-state index in [0.717, 1.165) is 12.7 Å². The second-order valence-corrected chi connectivity index (χ2v) is 3.42. The van der Waals surface area contributed by atoms with Gasteiger partial charge in [-0.2, -0.15) is 0 Å². The number of aldehydes is 1. The van der Waals surface area contributed by atoms with Crippen molar-refractivity contribution in [2.24, 2.45) is 0 Å². The minimum Gasteiger partial charge on any atom is -0.316 e. The van der Waals surface area contributed by atoms with Gasteiger partial charge in [0.15, 0.2) is 0 Å². The molecule has 3 N–H and O–H groups in total. The molecule has 0 aromatic heterocycles. The number of hydrogen-bond donors (Lipinski definition) is 3. The van der Waals surface area contributed by atoms with Gasteiger partial charge in [-0.25, -0.2) is 0 Å². The highest BCUT2D eigenvalue weighted by atomic mass is 16.1. The third-order valence-electron chi connectivity index (χ3n) is 2.55. The number of rotatable bonds is 7. The summed E-state index contributed by atoms with van der Waals surface area (Å²) < 4.78 is 0. The smallest absolute Gasteiger partial charge is 0.121 e. The van der Waals surface area contributed by atoms with Gasteiger partial charge in [0.05, 0.1) is 5.66 Å². The average molecular weight is 187 g/mol. The van der Waals surface area contributed by atoms with Crippen LogP contribution in [0.5, 0.6) is 0 Å². The Morgan fingerprint density at radius 1 is 1.31 bits per heavy atom. The van der Waals surface area contributed by atoms with E-state index in [1.54, 1.807) is 0 Å². The molecule has 0 bridgehead atoms. The van der Waals surface area contributed by atoms with Gasteiger partial charge in [-0.1, -0.05) is 0 Å². The minimum absolute atomic E-state index is 0.114. The second kappa shape index (κ2) is 6.07. The van der Waals surface area contributed by atoms with Crippen molar-refractivity contribution in [1.82, 2.24) is 16.0 Å². The van der Waals surface area contributed by atoms with Crippen LogP contribution in [0.3, 0.4) is 0 Å². The molecule has 0 fully saturated rings. The predicted molar refractivity (Wildman–Crippen MR) is 54.7 cm³/mol. The van der Waals surface area contributed by atoms with Crippen LogP contribution in [-0.2, 0) is 4.79 Å². The van der Waals surface area contributed by atoms with Crippen molar-refractivity contribution >= 4 is 6.29 Å². The summed E-state index contributed by atoms with van der Waals surface area (Å²) in [4.78, 5) is 10.4. The molecular formula is C9H21N3O. The first-order chi connectivity index (χ1) is 6.11. The molecule has 1 atom stereocenters. The monoisotopic (exact) mass is 187 g/mol. The molecule has 0 aliphatic rings. The normalized spacial score (nSPS) is 14.2. The van der Waals surface area contributed by atoms with E-state index in [2.05, 4.69) is 22.9 Å². The molecule has 0 aromatic rings. The molecule has 0 saturated carbocycles. The van der Waals surface area contributed by atoms with Crippen molar-refractivity contribution in [3.63, 3.8) is 0 Å². The molecule has 0 spiro atoms. The fourth-order valence-electron chi connectivity index (χ4n) is 1.24. The fraction of sp³-hybridized carbons (Fsp3) is 0.889. The summed E-state index contributed by atoms with van der Waals surface area (Å²) in [7, 11) is 5.69. The van der Waals surface area contributed by atoms with Crippen LogP contribution in [0, 0.1) is 0 Å². The first-order valence-electron chi connectivity index (χ1n) is 4.60. The van der Waals surface area contributed by atoms with E-state index in [9.17, 15) is 4.79 Å². The second-order valence-electron chi connectivity index (χ2n) is 3.42. The van der Waals surface area contributed by atoms with Crippen molar-refractivity contribution in [3.05, 3.63) is 0 Å². The summed E-state index contributed by atoms with van der Waals surface area (Å²) in [5.74, 6) is 0. The molecule has 0 rings (SSSR count). The molecule has 0 radical (unpaired) electrons. The van der Waals surface area contributed by atoms with Gasteiger partial charge in [0, 0.05) is 12.5 Å². The lowest BCUT2D eigenvalue weighted by Gasteiger charge is -2.32. The summed E-state index contributed by atoms with van der Waals surface area (Å²) in [6, 6.07) is 0.224. The fourth-order valence-corrected chi connectivity index (χ4v) is 1.24. The van der Waals surface area contributed by atoms with E-state index in [-0.39, 0.29) is 11.7 Å². The molecule has 0 saturated heterocycles. The zero-order valence-electron chi connectivity index (χ0n) is 8.98. The van der Waals surface area contributed by atoms with E-state index < -0.39 is 0 Å². The summed E-state index contributed by atoms with van der Waals surface area (Å²) in [5.41, 5.74) is -0.114.